The lowest BCUT2D eigenvalue weighted by Crippen LogP contribution is -2.46. The standard InChI is InChI=1S/C33H36N6O4/c1-22-11-9-14-26-28(22)38(32(41)43-33(2,3)4)17-16-37(26)27-19-23-21-34-31-35-24-12-10-13-25(20-24)42-18-8-6-5-7-15-39(30(27)40)29(23)36-31/h5,7,9-14,19-21H,6,8,15-18H2,1-4H3,(H,34,35,36)/b7-5-. The van der Waals surface area contributed by atoms with Gasteiger partial charge in [0.15, 0.2) is 0 Å². The van der Waals surface area contributed by atoms with E-state index in [2.05, 4.69) is 16.4 Å². The number of nitrogens with one attached hydrogen (secondary N) is 1. The summed E-state index contributed by atoms with van der Waals surface area (Å²) in [6.07, 6.45) is 7.08. The van der Waals surface area contributed by atoms with Crippen molar-refractivity contribution >= 4 is 45.8 Å². The first-order valence-electron chi connectivity index (χ1n) is 14.6. The molecule has 2 aliphatic heterocycles. The molecule has 0 fully saturated rings. The summed E-state index contributed by atoms with van der Waals surface area (Å²) in [5.74, 6) is 1.16. The average Bonchev–Trinajstić information content (AvgIpc) is 2.96. The van der Waals surface area contributed by atoms with Crippen molar-refractivity contribution in [2.45, 2.75) is 52.7 Å². The number of aromatic nitrogens is 3. The molecule has 6 rings (SSSR count). The van der Waals surface area contributed by atoms with Crippen LogP contribution in [-0.4, -0.2) is 45.9 Å². The van der Waals surface area contributed by atoms with E-state index in [1.54, 1.807) is 15.7 Å². The van der Waals surface area contributed by atoms with Gasteiger partial charge in [0, 0.05) is 43.0 Å². The molecule has 4 aromatic rings. The Balaban J connectivity index is 1.45. The van der Waals surface area contributed by atoms with E-state index in [4.69, 9.17) is 14.5 Å². The molecule has 2 aromatic carbocycles. The van der Waals surface area contributed by atoms with Gasteiger partial charge in [-0.15, -0.1) is 0 Å². The number of anilines is 5. The molecule has 222 valence electrons. The van der Waals surface area contributed by atoms with Crippen molar-refractivity contribution in [3.63, 3.8) is 0 Å². The number of benzene rings is 2. The summed E-state index contributed by atoms with van der Waals surface area (Å²) in [7, 11) is 0. The highest BCUT2D eigenvalue weighted by atomic mass is 16.6. The first kappa shape index (κ1) is 28.3. The van der Waals surface area contributed by atoms with Gasteiger partial charge >= 0.3 is 6.09 Å². The first-order valence-corrected chi connectivity index (χ1v) is 14.6. The largest absolute Gasteiger partial charge is 0.494 e. The Hall–Kier alpha value is -4.86. The highest BCUT2D eigenvalue weighted by Gasteiger charge is 2.33. The van der Waals surface area contributed by atoms with Gasteiger partial charge in [0.05, 0.1) is 18.0 Å². The second-order valence-corrected chi connectivity index (χ2v) is 11.8. The summed E-state index contributed by atoms with van der Waals surface area (Å²) in [6, 6.07) is 15.4. The lowest BCUT2D eigenvalue weighted by atomic mass is 10.1. The maximum absolute atomic E-state index is 14.3. The SMILES string of the molecule is Cc1cccc2c1N(C(=O)OC(C)(C)C)CCN2c1cc2cnc3nc2n(c1=O)C/C=C\CCCOc1cccc(c1)N3. The number of pyridine rings is 1. The Labute approximate surface area is 250 Å². The van der Waals surface area contributed by atoms with Gasteiger partial charge in [-0.05, 0) is 70.4 Å². The third-order valence-electron chi connectivity index (χ3n) is 7.37. The lowest BCUT2D eigenvalue weighted by molar-refractivity contribution is 0.0580. The minimum Gasteiger partial charge on any atom is -0.494 e. The Morgan fingerprint density at radius 2 is 1.88 bits per heavy atom. The van der Waals surface area contributed by atoms with Crippen LogP contribution in [0.4, 0.5) is 33.5 Å². The average molecular weight is 581 g/mol. The second-order valence-electron chi connectivity index (χ2n) is 11.8. The van der Waals surface area contributed by atoms with E-state index < -0.39 is 11.7 Å². The molecule has 0 atom stereocenters. The van der Waals surface area contributed by atoms with Crippen LogP contribution in [0.15, 0.2) is 71.7 Å². The van der Waals surface area contributed by atoms with Gasteiger partial charge in [0.1, 0.15) is 22.7 Å². The van der Waals surface area contributed by atoms with Gasteiger partial charge in [-0.1, -0.05) is 30.4 Å². The fraction of sp³-hybridized carbons (Fsp3) is 0.333. The summed E-state index contributed by atoms with van der Waals surface area (Å²) in [4.78, 5) is 40.5. The van der Waals surface area contributed by atoms with Crippen LogP contribution < -0.4 is 25.4 Å². The van der Waals surface area contributed by atoms with Crippen molar-refractivity contribution in [1.82, 2.24) is 14.5 Å². The molecule has 2 aromatic heterocycles. The molecule has 0 radical (unpaired) electrons. The van der Waals surface area contributed by atoms with Crippen LogP contribution in [0.25, 0.3) is 11.0 Å². The van der Waals surface area contributed by atoms with Crippen LogP contribution in [0.3, 0.4) is 0 Å². The number of carbonyl (C=O) groups excluding carboxylic acids is 1. The fourth-order valence-corrected chi connectivity index (χ4v) is 5.44. The number of rotatable bonds is 1. The van der Waals surface area contributed by atoms with Gasteiger partial charge in [-0.25, -0.2) is 9.78 Å². The normalized spacial score (nSPS) is 16.0. The second kappa shape index (κ2) is 11.4. The van der Waals surface area contributed by atoms with Gasteiger partial charge in [0.2, 0.25) is 5.95 Å². The predicted molar refractivity (Wildman–Crippen MR) is 169 cm³/mol. The number of hydrogen-bond acceptors (Lipinski definition) is 8. The predicted octanol–water partition coefficient (Wildman–Crippen LogP) is 6.47. The molecule has 0 spiro atoms. The molecule has 1 N–H and O–H groups in total. The van der Waals surface area contributed by atoms with E-state index in [-0.39, 0.29) is 5.56 Å². The number of allylic oxidation sites excluding steroid dienone is 2. The van der Waals surface area contributed by atoms with Crippen molar-refractivity contribution in [2.75, 3.05) is 34.8 Å². The van der Waals surface area contributed by atoms with Crippen molar-refractivity contribution in [3.8, 4) is 5.75 Å². The van der Waals surface area contributed by atoms with E-state index in [1.807, 2.05) is 87.2 Å². The third kappa shape index (κ3) is 5.90. The van der Waals surface area contributed by atoms with Crippen LogP contribution in [0.5, 0.6) is 5.75 Å². The topological polar surface area (TPSA) is 102 Å². The summed E-state index contributed by atoms with van der Waals surface area (Å²) in [5.41, 5.74) is 3.46. The monoisotopic (exact) mass is 580 g/mol. The van der Waals surface area contributed by atoms with E-state index in [0.717, 1.165) is 46.6 Å². The van der Waals surface area contributed by atoms with E-state index >= 15 is 0 Å². The number of nitrogens with zero attached hydrogens (tertiary/aromatic N) is 5. The number of amides is 1. The molecule has 0 unspecified atom stereocenters. The van der Waals surface area contributed by atoms with Crippen LogP contribution in [-0.2, 0) is 11.3 Å². The van der Waals surface area contributed by atoms with Crippen molar-refractivity contribution in [1.29, 1.82) is 0 Å². The number of aryl methyl sites for hydroxylation is 1. The fourth-order valence-electron chi connectivity index (χ4n) is 5.44. The molecule has 0 saturated carbocycles. The van der Waals surface area contributed by atoms with Crippen LogP contribution >= 0.6 is 0 Å². The maximum Gasteiger partial charge on any atom is 0.414 e. The summed E-state index contributed by atoms with van der Waals surface area (Å²) in [6.45, 7) is 9.25. The molecule has 2 aliphatic rings. The Kier molecular flexibility index (Phi) is 7.52. The van der Waals surface area contributed by atoms with Gasteiger partial charge in [-0.3, -0.25) is 14.3 Å². The number of fused-ring (bicyclic) bond motifs is 4. The molecule has 4 bridgehead atoms. The minimum absolute atomic E-state index is 0.172. The molecule has 10 nitrogen and oxygen atoms in total. The molecule has 10 heteroatoms. The first-order chi connectivity index (χ1) is 20.7. The van der Waals surface area contributed by atoms with Crippen LogP contribution in [0.2, 0.25) is 0 Å². The summed E-state index contributed by atoms with van der Waals surface area (Å²) >= 11 is 0. The molecule has 1 amide bonds. The smallest absolute Gasteiger partial charge is 0.414 e. The maximum atomic E-state index is 14.3. The van der Waals surface area contributed by atoms with E-state index in [9.17, 15) is 9.59 Å². The Morgan fingerprint density at radius 1 is 1.05 bits per heavy atom. The quantitative estimate of drug-likeness (QED) is 0.256. The van der Waals surface area contributed by atoms with E-state index in [0.29, 0.717) is 43.5 Å². The van der Waals surface area contributed by atoms with Crippen LogP contribution in [0.1, 0.15) is 39.2 Å². The van der Waals surface area contributed by atoms with Crippen LogP contribution in [0, 0.1) is 6.92 Å². The Morgan fingerprint density at radius 3 is 2.72 bits per heavy atom. The lowest BCUT2D eigenvalue weighted by Gasteiger charge is -2.39. The molecule has 4 heterocycles. The minimum atomic E-state index is -0.627. The zero-order valence-corrected chi connectivity index (χ0v) is 25.0. The molecule has 43 heavy (non-hydrogen) atoms. The summed E-state index contributed by atoms with van der Waals surface area (Å²) < 4.78 is 13.3. The summed E-state index contributed by atoms with van der Waals surface area (Å²) in [5, 5.41) is 3.99. The third-order valence-corrected chi connectivity index (χ3v) is 7.37. The number of hydrogen-bond donors (Lipinski definition) is 1. The zero-order valence-electron chi connectivity index (χ0n) is 25.0. The van der Waals surface area contributed by atoms with Gasteiger partial charge in [-0.2, -0.15) is 4.98 Å². The molecular formula is C33H36N6O4. The molecular weight excluding hydrogens is 544 g/mol. The number of ether oxygens (including phenoxy) is 2. The van der Waals surface area contributed by atoms with Crippen molar-refractivity contribution in [2.24, 2.45) is 0 Å². The van der Waals surface area contributed by atoms with Crippen molar-refractivity contribution < 1.29 is 14.3 Å². The molecule has 0 aliphatic carbocycles. The Bertz CT molecular complexity index is 1770. The van der Waals surface area contributed by atoms with E-state index in [1.165, 1.54) is 0 Å². The number of para-hydroxylation sites is 1. The van der Waals surface area contributed by atoms with Gasteiger partial charge in [0.25, 0.3) is 5.56 Å². The zero-order chi connectivity index (χ0) is 30.1. The molecule has 0 saturated heterocycles. The van der Waals surface area contributed by atoms with Crippen molar-refractivity contribution in [3.05, 3.63) is 82.8 Å². The highest BCUT2D eigenvalue weighted by molar-refractivity contribution is 5.97. The van der Waals surface area contributed by atoms with Gasteiger partial charge < -0.3 is 19.7 Å². The highest BCUT2D eigenvalue weighted by Crippen LogP contribution is 2.40. The number of carbonyl (C=O) groups is 1.